The standard InChI is InChI=1S/C28H52O4P.ClH/c29-21-25(13-5-1-6-14-25)33(26(22-30)15-7-2-8-16-26,27(23-31)17-9-3-10-18-27)28(24-32)19-11-4-12-20-28;/h29-32H,1-24H2;1H/q+1;/p-1. The van der Waals surface area contributed by atoms with Crippen LogP contribution in [0, 0.1) is 0 Å². The maximum Gasteiger partial charge on any atom is 0.105 e. The van der Waals surface area contributed by atoms with Gasteiger partial charge in [-0.3, -0.25) is 0 Å². The van der Waals surface area contributed by atoms with Crippen molar-refractivity contribution in [1.29, 1.82) is 0 Å². The van der Waals surface area contributed by atoms with Gasteiger partial charge in [-0.2, -0.15) is 0 Å². The second-order valence-corrected chi connectivity index (χ2v) is 17.6. The van der Waals surface area contributed by atoms with E-state index in [0.29, 0.717) is 0 Å². The maximum atomic E-state index is 11.5. The van der Waals surface area contributed by atoms with Crippen molar-refractivity contribution in [3.05, 3.63) is 0 Å². The van der Waals surface area contributed by atoms with Gasteiger partial charge in [0.25, 0.3) is 0 Å². The second-order valence-electron chi connectivity index (χ2n) is 12.4. The predicted octanol–water partition coefficient (Wildman–Crippen LogP) is 2.79. The molecule has 6 heteroatoms. The molecule has 0 bridgehead atoms. The average Bonchev–Trinajstić information content (AvgIpc) is 2.91. The van der Waals surface area contributed by atoms with Gasteiger partial charge in [-0.25, -0.2) is 0 Å². The molecule has 0 unspecified atom stereocenters. The van der Waals surface area contributed by atoms with Gasteiger partial charge in [0.2, 0.25) is 0 Å². The lowest BCUT2D eigenvalue weighted by atomic mass is 9.85. The molecular weight excluding hydrogens is 467 g/mol. The van der Waals surface area contributed by atoms with E-state index >= 15 is 0 Å². The zero-order chi connectivity index (χ0) is 23.5. The van der Waals surface area contributed by atoms with Crippen LogP contribution < -0.4 is 12.4 Å². The molecule has 0 saturated heterocycles. The second kappa shape index (κ2) is 12.0. The molecule has 0 aromatic carbocycles. The Labute approximate surface area is 215 Å². The minimum absolute atomic E-state index is 0. The molecule has 4 rings (SSSR count). The van der Waals surface area contributed by atoms with E-state index < -0.39 is 7.26 Å². The smallest absolute Gasteiger partial charge is 0.105 e. The molecule has 0 radical (unpaired) electrons. The van der Waals surface area contributed by atoms with Crippen LogP contribution in [-0.4, -0.2) is 67.5 Å². The first-order valence-electron chi connectivity index (χ1n) is 14.4. The molecule has 4 N–H and O–H groups in total. The number of hydrogen-bond donors (Lipinski definition) is 4. The van der Waals surface area contributed by atoms with Crippen LogP contribution >= 0.6 is 7.26 Å². The summed E-state index contributed by atoms with van der Waals surface area (Å²) in [7, 11) is -2.32. The van der Waals surface area contributed by atoms with E-state index in [2.05, 4.69) is 0 Å². The molecule has 0 heterocycles. The molecule has 0 amide bonds. The fourth-order valence-corrected chi connectivity index (χ4v) is 21.1. The van der Waals surface area contributed by atoms with Gasteiger partial charge in [-0.15, -0.1) is 0 Å². The van der Waals surface area contributed by atoms with Gasteiger partial charge >= 0.3 is 0 Å². The molecule has 0 atom stereocenters. The van der Waals surface area contributed by atoms with Gasteiger partial charge in [0.15, 0.2) is 0 Å². The zero-order valence-corrected chi connectivity index (χ0v) is 23.2. The monoisotopic (exact) mass is 518 g/mol. The topological polar surface area (TPSA) is 80.9 Å². The zero-order valence-electron chi connectivity index (χ0n) is 21.6. The van der Waals surface area contributed by atoms with Crippen LogP contribution in [0.2, 0.25) is 0 Å². The fourth-order valence-electron chi connectivity index (χ4n) is 10.3. The molecule has 200 valence electrons. The Morgan fingerprint density at radius 1 is 0.353 bits per heavy atom. The Morgan fingerprint density at radius 2 is 0.529 bits per heavy atom. The SMILES string of the molecule is OCC1([P+](C2(CO)CCCCC2)(C2(CO)CCCCC2)C2(CO)CCCCC2)CCCCC1.[Cl-]. The Bertz CT molecular complexity index is 508. The average molecular weight is 519 g/mol. The highest BCUT2D eigenvalue weighted by Gasteiger charge is 2.83. The molecule has 4 aliphatic carbocycles. The number of hydrogen-bond acceptors (Lipinski definition) is 4. The highest BCUT2D eigenvalue weighted by molar-refractivity contribution is 7.81. The van der Waals surface area contributed by atoms with E-state index in [9.17, 15) is 20.4 Å². The van der Waals surface area contributed by atoms with E-state index in [0.717, 1.165) is 103 Å². The molecule has 34 heavy (non-hydrogen) atoms. The summed E-state index contributed by atoms with van der Waals surface area (Å²) >= 11 is 0. The Kier molecular flexibility index (Phi) is 10.2. The number of aliphatic hydroxyl groups excluding tert-OH is 4. The summed E-state index contributed by atoms with van der Waals surface area (Å²) in [5, 5.41) is 45.1. The predicted molar refractivity (Wildman–Crippen MR) is 139 cm³/mol. The molecule has 4 saturated carbocycles. The van der Waals surface area contributed by atoms with E-state index in [1.54, 1.807) is 0 Å². The summed E-state index contributed by atoms with van der Waals surface area (Å²) in [5.41, 5.74) is 0. The van der Waals surface area contributed by atoms with Crippen molar-refractivity contribution in [3.8, 4) is 0 Å². The van der Waals surface area contributed by atoms with Crippen molar-refractivity contribution < 1.29 is 32.8 Å². The van der Waals surface area contributed by atoms with Crippen molar-refractivity contribution in [3.63, 3.8) is 0 Å². The van der Waals surface area contributed by atoms with Crippen molar-refractivity contribution in [1.82, 2.24) is 0 Å². The van der Waals surface area contributed by atoms with Gasteiger partial charge in [0, 0.05) is 7.26 Å². The Morgan fingerprint density at radius 3 is 0.676 bits per heavy atom. The minimum atomic E-state index is -2.32. The molecule has 0 aromatic rings. The van der Waals surface area contributed by atoms with E-state index in [1.807, 2.05) is 0 Å². The third kappa shape index (κ3) is 4.14. The largest absolute Gasteiger partial charge is 1.00 e. The van der Waals surface area contributed by atoms with Gasteiger partial charge in [-0.1, -0.05) is 25.7 Å². The van der Waals surface area contributed by atoms with E-state index in [1.165, 1.54) is 25.7 Å². The summed E-state index contributed by atoms with van der Waals surface area (Å²) in [6.07, 6.45) is 22.3. The van der Waals surface area contributed by atoms with Crippen LogP contribution in [0.4, 0.5) is 0 Å². The van der Waals surface area contributed by atoms with Gasteiger partial charge < -0.3 is 32.8 Å². The van der Waals surface area contributed by atoms with Gasteiger partial charge in [0.05, 0.1) is 26.4 Å². The summed E-state index contributed by atoms with van der Waals surface area (Å²) in [4.78, 5) is 0. The van der Waals surface area contributed by atoms with Crippen LogP contribution in [0.15, 0.2) is 0 Å². The number of halogens is 1. The maximum absolute atomic E-state index is 11.5. The molecular formula is C28H52ClO4P. The molecule has 4 nitrogen and oxygen atoms in total. The first-order valence-corrected chi connectivity index (χ1v) is 16.2. The summed E-state index contributed by atoms with van der Waals surface area (Å²) in [5.74, 6) is 0. The lowest BCUT2D eigenvalue weighted by Gasteiger charge is -2.70. The van der Waals surface area contributed by atoms with Gasteiger partial charge in [-0.05, 0) is 103 Å². The first-order chi connectivity index (χ1) is 16.1. The first kappa shape index (κ1) is 29.1. The van der Waals surface area contributed by atoms with Crippen LogP contribution in [-0.2, 0) is 0 Å². The summed E-state index contributed by atoms with van der Waals surface area (Å²) in [6.45, 7) is 0.746. The highest BCUT2D eigenvalue weighted by atomic mass is 35.5. The molecule has 0 spiro atoms. The van der Waals surface area contributed by atoms with Crippen LogP contribution in [0.5, 0.6) is 0 Å². The van der Waals surface area contributed by atoms with Crippen molar-refractivity contribution >= 4 is 7.26 Å². The van der Waals surface area contributed by atoms with Gasteiger partial charge in [0.1, 0.15) is 20.6 Å². The van der Waals surface area contributed by atoms with Crippen LogP contribution in [0.25, 0.3) is 0 Å². The summed E-state index contributed by atoms with van der Waals surface area (Å²) in [6, 6.07) is 0. The third-order valence-corrected chi connectivity index (χ3v) is 19.2. The molecule has 4 fully saturated rings. The third-order valence-electron chi connectivity index (χ3n) is 11.2. The van der Waals surface area contributed by atoms with E-state index in [-0.39, 0.29) is 59.5 Å². The fraction of sp³-hybridized carbons (Fsp3) is 1.00. The van der Waals surface area contributed by atoms with Crippen LogP contribution in [0.3, 0.4) is 0 Å². The van der Waals surface area contributed by atoms with E-state index in [4.69, 9.17) is 0 Å². The van der Waals surface area contributed by atoms with Crippen molar-refractivity contribution in [2.45, 2.75) is 149 Å². The molecule has 4 aliphatic rings. The van der Waals surface area contributed by atoms with Crippen molar-refractivity contribution in [2.75, 3.05) is 26.4 Å². The van der Waals surface area contributed by atoms with Crippen LogP contribution in [0.1, 0.15) is 128 Å². The van der Waals surface area contributed by atoms with Crippen molar-refractivity contribution in [2.24, 2.45) is 0 Å². The highest BCUT2D eigenvalue weighted by Crippen LogP contribution is 2.95. The normalized spacial score (nSPS) is 28.6. The Hall–Kier alpha value is 0.560. The Balaban J connectivity index is 0.00000324. The number of aliphatic hydroxyl groups is 4. The molecule has 0 aliphatic heterocycles. The number of rotatable bonds is 8. The lowest BCUT2D eigenvalue weighted by molar-refractivity contribution is -0.0000109. The molecule has 0 aromatic heterocycles. The lowest BCUT2D eigenvalue weighted by Crippen LogP contribution is -3.00. The minimum Gasteiger partial charge on any atom is -1.00 e. The summed E-state index contributed by atoms with van der Waals surface area (Å²) < 4.78 is 0. The quantitative estimate of drug-likeness (QED) is 0.372.